The molecule has 18 heavy (non-hydrogen) atoms. The van der Waals surface area contributed by atoms with Crippen LogP contribution < -0.4 is 10.5 Å². The smallest absolute Gasteiger partial charge is 0.139 e. The predicted molar refractivity (Wildman–Crippen MR) is 76.5 cm³/mol. The van der Waals surface area contributed by atoms with E-state index in [0.29, 0.717) is 28.3 Å². The third-order valence-corrected chi connectivity index (χ3v) is 4.11. The van der Waals surface area contributed by atoms with Crippen molar-refractivity contribution in [1.29, 1.82) is 0 Å². The van der Waals surface area contributed by atoms with Crippen molar-refractivity contribution in [2.24, 2.45) is 11.7 Å². The third kappa shape index (κ3) is 3.53. The molecule has 1 saturated carbocycles. The lowest BCUT2D eigenvalue weighted by atomic mass is 9.97. The molecule has 100 valence electrons. The van der Waals surface area contributed by atoms with Crippen molar-refractivity contribution in [3.8, 4) is 5.75 Å². The van der Waals surface area contributed by atoms with Gasteiger partial charge in [-0.1, -0.05) is 36.0 Å². The maximum Gasteiger partial charge on any atom is 0.139 e. The number of nitrogens with two attached hydrogens (primary N) is 1. The van der Waals surface area contributed by atoms with Crippen LogP contribution >= 0.6 is 23.2 Å². The van der Waals surface area contributed by atoms with Crippen LogP contribution in [0, 0.1) is 5.92 Å². The van der Waals surface area contributed by atoms with Crippen molar-refractivity contribution in [3.05, 3.63) is 28.2 Å². The quantitative estimate of drug-likeness (QED) is 0.842. The van der Waals surface area contributed by atoms with Crippen LogP contribution in [0.4, 0.5) is 0 Å². The SMILES string of the molecule is NCC1CCCCCC1Oc1cc(Cl)ccc1Cl. The Morgan fingerprint density at radius 2 is 1.94 bits per heavy atom. The first-order valence-electron chi connectivity index (χ1n) is 6.52. The van der Waals surface area contributed by atoms with Crippen LogP contribution in [-0.2, 0) is 0 Å². The Balaban J connectivity index is 2.12. The molecule has 1 aromatic carbocycles. The Kier molecular flexibility index (Phi) is 5.16. The minimum Gasteiger partial charge on any atom is -0.488 e. The molecule has 0 aromatic heterocycles. The van der Waals surface area contributed by atoms with Gasteiger partial charge in [0.2, 0.25) is 0 Å². The predicted octanol–water partition coefficient (Wildman–Crippen LogP) is 4.28. The van der Waals surface area contributed by atoms with E-state index in [1.165, 1.54) is 19.3 Å². The van der Waals surface area contributed by atoms with E-state index in [-0.39, 0.29) is 6.10 Å². The van der Waals surface area contributed by atoms with Gasteiger partial charge in [-0.25, -0.2) is 0 Å². The summed E-state index contributed by atoms with van der Waals surface area (Å²) < 4.78 is 6.05. The average Bonchev–Trinajstić information content (AvgIpc) is 2.59. The Labute approximate surface area is 118 Å². The van der Waals surface area contributed by atoms with E-state index in [1.54, 1.807) is 18.2 Å². The molecule has 0 spiro atoms. The number of hydrogen-bond acceptors (Lipinski definition) is 2. The monoisotopic (exact) mass is 287 g/mol. The molecule has 1 aromatic rings. The molecular weight excluding hydrogens is 269 g/mol. The van der Waals surface area contributed by atoms with E-state index < -0.39 is 0 Å². The number of rotatable bonds is 3. The highest BCUT2D eigenvalue weighted by molar-refractivity contribution is 6.34. The molecule has 0 heterocycles. The molecule has 0 aliphatic heterocycles. The van der Waals surface area contributed by atoms with Gasteiger partial charge in [-0.15, -0.1) is 0 Å². The van der Waals surface area contributed by atoms with Gasteiger partial charge in [-0.2, -0.15) is 0 Å². The highest BCUT2D eigenvalue weighted by Crippen LogP contribution is 2.32. The summed E-state index contributed by atoms with van der Waals surface area (Å²) in [5, 5.41) is 1.26. The molecule has 1 aliphatic rings. The number of hydrogen-bond donors (Lipinski definition) is 1. The molecule has 2 rings (SSSR count). The van der Waals surface area contributed by atoms with E-state index in [1.807, 2.05) is 0 Å². The first-order valence-corrected chi connectivity index (χ1v) is 7.28. The Bertz CT molecular complexity index is 397. The first kappa shape index (κ1) is 14.0. The molecule has 0 amide bonds. The molecule has 1 aliphatic carbocycles. The molecule has 0 saturated heterocycles. The fraction of sp³-hybridized carbons (Fsp3) is 0.571. The molecule has 2 unspecified atom stereocenters. The van der Waals surface area contributed by atoms with Crippen LogP contribution in [0.25, 0.3) is 0 Å². The summed E-state index contributed by atoms with van der Waals surface area (Å²) in [6.07, 6.45) is 6.04. The number of ether oxygens (including phenoxy) is 1. The maximum atomic E-state index is 6.13. The van der Waals surface area contributed by atoms with Gasteiger partial charge in [0.05, 0.1) is 5.02 Å². The maximum absolute atomic E-state index is 6.13. The largest absolute Gasteiger partial charge is 0.488 e. The van der Waals surface area contributed by atoms with Crippen LogP contribution in [0.3, 0.4) is 0 Å². The fourth-order valence-electron chi connectivity index (χ4n) is 2.51. The summed E-state index contributed by atoms with van der Waals surface area (Å²) in [7, 11) is 0. The lowest BCUT2D eigenvalue weighted by Crippen LogP contribution is -2.31. The first-order chi connectivity index (χ1) is 8.70. The van der Waals surface area contributed by atoms with Crippen LogP contribution in [0.2, 0.25) is 10.0 Å². The van der Waals surface area contributed by atoms with E-state index in [4.69, 9.17) is 33.7 Å². The van der Waals surface area contributed by atoms with E-state index in [9.17, 15) is 0 Å². The van der Waals surface area contributed by atoms with Gasteiger partial charge in [0, 0.05) is 17.0 Å². The van der Waals surface area contributed by atoms with Crippen molar-refractivity contribution in [3.63, 3.8) is 0 Å². The minimum atomic E-state index is 0.161. The van der Waals surface area contributed by atoms with Crippen molar-refractivity contribution >= 4 is 23.2 Å². The number of halogens is 2. The topological polar surface area (TPSA) is 35.2 Å². The van der Waals surface area contributed by atoms with Gasteiger partial charge in [-0.05, 0) is 37.9 Å². The minimum absolute atomic E-state index is 0.161. The van der Waals surface area contributed by atoms with Crippen LogP contribution in [0.1, 0.15) is 32.1 Å². The summed E-state index contributed by atoms with van der Waals surface area (Å²) in [6.45, 7) is 0.669. The fourth-order valence-corrected chi connectivity index (χ4v) is 2.83. The molecular formula is C14H19Cl2NO. The van der Waals surface area contributed by atoms with Crippen molar-refractivity contribution in [2.75, 3.05) is 6.54 Å². The Morgan fingerprint density at radius 3 is 2.72 bits per heavy atom. The highest BCUT2D eigenvalue weighted by Gasteiger charge is 2.24. The van der Waals surface area contributed by atoms with Gasteiger partial charge < -0.3 is 10.5 Å². The lowest BCUT2D eigenvalue weighted by molar-refractivity contribution is 0.130. The normalized spacial score (nSPS) is 24.6. The summed E-state index contributed by atoms with van der Waals surface area (Å²) in [5.41, 5.74) is 5.85. The van der Waals surface area contributed by atoms with Gasteiger partial charge in [0.15, 0.2) is 0 Å². The van der Waals surface area contributed by atoms with Crippen molar-refractivity contribution in [1.82, 2.24) is 0 Å². The van der Waals surface area contributed by atoms with Crippen LogP contribution in [0.15, 0.2) is 18.2 Å². The van der Waals surface area contributed by atoms with Crippen molar-refractivity contribution < 1.29 is 4.74 Å². The zero-order valence-electron chi connectivity index (χ0n) is 10.4. The molecule has 2 atom stereocenters. The molecule has 2 N–H and O–H groups in total. The second-order valence-corrected chi connectivity index (χ2v) is 5.71. The molecule has 0 bridgehead atoms. The van der Waals surface area contributed by atoms with E-state index >= 15 is 0 Å². The summed E-state index contributed by atoms with van der Waals surface area (Å²) in [5.74, 6) is 1.09. The molecule has 1 fully saturated rings. The molecule has 4 heteroatoms. The molecule has 0 radical (unpaired) electrons. The summed E-state index contributed by atoms with van der Waals surface area (Å²) >= 11 is 12.1. The summed E-state index contributed by atoms with van der Waals surface area (Å²) in [6, 6.07) is 5.32. The van der Waals surface area contributed by atoms with Crippen LogP contribution in [0.5, 0.6) is 5.75 Å². The zero-order valence-corrected chi connectivity index (χ0v) is 11.9. The van der Waals surface area contributed by atoms with E-state index in [2.05, 4.69) is 0 Å². The van der Waals surface area contributed by atoms with Gasteiger partial charge in [0.25, 0.3) is 0 Å². The van der Waals surface area contributed by atoms with Gasteiger partial charge >= 0.3 is 0 Å². The number of benzene rings is 1. The second kappa shape index (κ2) is 6.65. The third-order valence-electron chi connectivity index (χ3n) is 3.56. The Morgan fingerprint density at radius 1 is 1.17 bits per heavy atom. The standard InChI is InChI=1S/C14H19Cl2NO/c15-11-6-7-12(16)14(8-11)18-13-5-3-1-2-4-10(13)9-17/h6-8,10,13H,1-5,9,17H2. The van der Waals surface area contributed by atoms with Crippen molar-refractivity contribution in [2.45, 2.75) is 38.2 Å². The zero-order chi connectivity index (χ0) is 13.0. The lowest BCUT2D eigenvalue weighted by Gasteiger charge is -2.25. The van der Waals surface area contributed by atoms with Gasteiger partial charge in [-0.3, -0.25) is 0 Å². The molecule has 2 nitrogen and oxygen atoms in total. The summed E-state index contributed by atoms with van der Waals surface area (Å²) in [4.78, 5) is 0. The van der Waals surface area contributed by atoms with Crippen LogP contribution in [-0.4, -0.2) is 12.6 Å². The van der Waals surface area contributed by atoms with Gasteiger partial charge in [0.1, 0.15) is 11.9 Å². The second-order valence-electron chi connectivity index (χ2n) is 4.86. The van der Waals surface area contributed by atoms with E-state index in [0.717, 1.165) is 12.8 Å². The average molecular weight is 288 g/mol. The highest BCUT2D eigenvalue weighted by atomic mass is 35.5. The Hall–Kier alpha value is -0.440.